The first-order chi connectivity index (χ1) is 8.16. The van der Waals surface area contributed by atoms with Crippen LogP contribution in [0.2, 0.25) is 0 Å². The van der Waals surface area contributed by atoms with Crippen LogP contribution in [0.25, 0.3) is 0 Å². The van der Waals surface area contributed by atoms with Crippen LogP contribution in [0.4, 0.5) is 0 Å². The molecule has 0 aromatic carbocycles. The highest BCUT2D eigenvalue weighted by molar-refractivity contribution is 4.93. The van der Waals surface area contributed by atoms with Crippen LogP contribution < -0.4 is 0 Å². The number of hydrogen-bond donors (Lipinski definition) is 0. The fraction of sp³-hybridized carbons (Fsp3) is 1.00. The quantitative estimate of drug-likeness (QED) is 0.643. The normalized spacial score (nSPS) is 54.9. The summed E-state index contributed by atoms with van der Waals surface area (Å²) in [4.78, 5) is 0. The number of ether oxygens (including phenoxy) is 2. The van der Waals surface area contributed by atoms with E-state index in [9.17, 15) is 0 Å². The van der Waals surface area contributed by atoms with Gasteiger partial charge in [-0.05, 0) is 49.9 Å². The van der Waals surface area contributed by atoms with E-state index < -0.39 is 0 Å². The Morgan fingerprint density at radius 1 is 0.824 bits per heavy atom. The standard InChI is InChI=1S/C15H26O2/c1-9-4-6-13-10(2)8-16-15-14(13)12(9)7-5-11(3)17-15/h9-15H,4-8H2,1-3H3/t9-,10+,11?,12+,13+,14?,15-/m1/s1. The molecule has 0 spiro atoms. The molecule has 0 aromatic rings. The Hall–Kier alpha value is -0.0800. The minimum atomic E-state index is 0.0986. The van der Waals surface area contributed by atoms with Gasteiger partial charge in [-0.25, -0.2) is 0 Å². The van der Waals surface area contributed by atoms with Gasteiger partial charge in [0.2, 0.25) is 0 Å². The number of hydrogen-bond acceptors (Lipinski definition) is 2. The molecule has 2 heterocycles. The summed E-state index contributed by atoms with van der Waals surface area (Å²) in [5.41, 5.74) is 0. The third-order valence-corrected chi connectivity index (χ3v) is 5.52. The summed E-state index contributed by atoms with van der Waals surface area (Å²) in [5.74, 6) is 3.95. The fourth-order valence-corrected chi connectivity index (χ4v) is 4.44. The lowest BCUT2D eigenvalue weighted by Gasteiger charge is -2.49. The Balaban J connectivity index is 1.88. The zero-order chi connectivity index (χ0) is 12.0. The minimum absolute atomic E-state index is 0.0986. The van der Waals surface area contributed by atoms with Gasteiger partial charge >= 0.3 is 0 Å². The molecule has 0 radical (unpaired) electrons. The Kier molecular flexibility index (Phi) is 3.20. The second-order valence-electron chi connectivity index (χ2n) is 6.66. The molecule has 17 heavy (non-hydrogen) atoms. The van der Waals surface area contributed by atoms with Gasteiger partial charge in [0.15, 0.2) is 6.29 Å². The van der Waals surface area contributed by atoms with Crippen LogP contribution in [0.15, 0.2) is 0 Å². The summed E-state index contributed by atoms with van der Waals surface area (Å²) >= 11 is 0. The van der Waals surface area contributed by atoms with E-state index in [-0.39, 0.29) is 6.29 Å². The van der Waals surface area contributed by atoms with Gasteiger partial charge in [0.05, 0.1) is 12.7 Å². The summed E-state index contributed by atoms with van der Waals surface area (Å²) in [7, 11) is 0. The van der Waals surface area contributed by atoms with Gasteiger partial charge in [-0.3, -0.25) is 0 Å². The second-order valence-corrected chi connectivity index (χ2v) is 6.66. The van der Waals surface area contributed by atoms with E-state index in [1.54, 1.807) is 0 Å². The van der Waals surface area contributed by atoms with E-state index in [0.29, 0.717) is 12.0 Å². The summed E-state index contributed by atoms with van der Waals surface area (Å²) < 4.78 is 12.1. The topological polar surface area (TPSA) is 18.5 Å². The van der Waals surface area contributed by atoms with Crippen molar-refractivity contribution in [1.29, 1.82) is 0 Å². The van der Waals surface area contributed by atoms with Gasteiger partial charge in [0.1, 0.15) is 0 Å². The Bertz CT molecular complexity index is 278. The van der Waals surface area contributed by atoms with Gasteiger partial charge in [-0.15, -0.1) is 0 Å². The monoisotopic (exact) mass is 238 g/mol. The van der Waals surface area contributed by atoms with Gasteiger partial charge < -0.3 is 9.47 Å². The molecule has 0 N–H and O–H groups in total. The average molecular weight is 238 g/mol. The van der Waals surface area contributed by atoms with E-state index in [1.165, 1.54) is 25.7 Å². The SMILES string of the molecule is CC1CC[C@@H]2C3[C@H](OC[C@H](C)[C@@H]3CC[C@H]2C)O1. The van der Waals surface area contributed by atoms with Crippen molar-refractivity contribution >= 4 is 0 Å². The molecule has 7 atom stereocenters. The predicted molar refractivity (Wildman–Crippen MR) is 67.6 cm³/mol. The molecule has 0 aromatic heterocycles. The van der Waals surface area contributed by atoms with Crippen molar-refractivity contribution in [3.8, 4) is 0 Å². The lowest BCUT2D eigenvalue weighted by molar-refractivity contribution is -0.249. The molecule has 2 unspecified atom stereocenters. The average Bonchev–Trinajstić information content (AvgIpc) is 2.47. The van der Waals surface area contributed by atoms with Crippen molar-refractivity contribution in [2.24, 2.45) is 29.6 Å². The first-order valence-electron chi connectivity index (χ1n) is 7.44. The molecular weight excluding hydrogens is 212 g/mol. The second kappa shape index (κ2) is 4.55. The smallest absolute Gasteiger partial charge is 0.161 e. The maximum absolute atomic E-state index is 6.13. The van der Waals surface area contributed by atoms with Gasteiger partial charge in [0, 0.05) is 5.92 Å². The highest BCUT2D eigenvalue weighted by Crippen LogP contribution is 2.50. The largest absolute Gasteiger partial charge is 0.352 e. The summed E-state index contributed by atoms with van der Waals surface area (Å²) in [5, 5.41) is 0. The van der Waals surface area contributed by atoms with Crippen LogP contribution in [0.1, 0.15) is 46.5 Å². The molecule has 2 nitrogen and oxygen atoms in total. The van der Waals surface area contributed by atoms with Crippen LogP contribution >= 0.6 is 0 Å². The fourth-order valence-electron chi connectivity index (χ4n) is 4.44. The molecule has 3 fully saturated rings. The van der Waals surface area contributed by atoms with Crippen molar-refractivity contribution < 1.29 is 9.47 Å². The summed E-state index contributed by atoms with van der Waals surface area (Å²) in [6, 6.07) is 0. The zero-order valence-electron chi connectivity index (χ0n) is 11.4. The third kappa shape index (κ3) is 2.04. The highest BCUT2D eigenvalue weighted by atomic mass is 16.7. The van der Waals surface area contributed by atoms with Crippen molar-refractivity contribution in [2.75, 3.05) is 6.61 Å². The molecule has 3 aliphatic rings. The minimum Gasteiger partial charge on any atom is -0.352 e. The van der Waals surface area contributed by atoms with Crippen LogP contribution in [0.3, 0.4) is 0 Å². The molecular formula is C15H26O2. The van der Waals surface area contributed by atoms with Crippen LogP contribution in [-0.2, 0) is 9.47 Å². The maximum atomic E-state index is 6.13. The molecule has 2 aliphatic heterocycles. The summed E-state index contributed by atoms with van der Waals surface area (Å²) in [6.45, 7) is 7.91. The molecule has 2 heteroatoms. The van der Waals surface area contributed by atoms with Gasteiger partial charge in [-0.2, -0.15) is 0 Å². The first-order valence-corrected chi connectivity index (χ1v) is 7.44. The predicted octanol–water partition coefficient (Wildman–Crippen LogP) is 3.46. The van der Waals surface area contributed by atoms with Crippen LogP contribution in [0.5, 0.6) is 0 Å². The highest BCUT2D eigenvalue weighted by Gasteiger charge is 2.49. The number of rotatable bonds is 0. The van der Waals surface area contributed by atoms with E-state index in [1.807, 2.05) is 0 Å². The van der Waals surface area contributed by atoms with Crippen LogP contribution in [-0.4, -0.2) is 19.0 Å². The van der Waals surface area contributed by atoms with E-state index in [0.717, 1.165) is 30.3 Å². The van der Waals surface area contributed by atoms with Crippen molar-refractivity contribution in [2.45, 2.75) is 58.8 Å². The third-order valence-electron chi connectivity index (χ3n) is 5.52. The Morgan fingerprint density at radius 2 is 1.53 bits per heavy atom. The lowest BCUT2D eigenvalue weighted by Crippen LogP contribution is -2.49. The van der Waals surface area contributed by atoms with E-state index in [2.05, 4.69) is 20.8 Å². The lowest BCUT2D eigenvalue weighted by atomic mass is 9.61. The maximum Gasteiger partial charge on any atom is 0.161 e. The van der Waals surface area contributed by atoms with Crippen molar-refractivity contribution in [1.82, 2.24) is 0 Å². The van der Waals surface area contributed by atoms with Crippen molar-refractivity contribution in [3.05, 3.63) is 0 Å². The molecule has 0 bridgehead atoms. The molecule has 98 valence electrons. The Labute approximate surface area is 105 Å². The van der Waals surface area contributed by atoms with E-state index >= 15 is 0 Å². The van der Waals surface area contributed by atoms with Crippen LogP contribution in [0, 0.1) is 29.6 Å². The molecule has 0 amide bonds. The summed E-state index contributed by atoms with van der Waals surface area (Å²) in [6.07, 6.45) is 5.84. The first kappa shape index (κ1) is 12.0. The zero-order valence-corrected chi connectivity index (χ0v) is 11.4. The van der Waals surface area contributed by atoms with Gasteiger partial charge in [0.25, 0.3) is 0 Å². The molecule has 1 aliphatic carbocycles. The van der Waals surface area contributed by atoms with Gasteiger partial charge in [-0.1, -0.05) is 20.3 Å². The molecule has 1 saturated carbocycles. The van der Waals surface area contributed by atoms with Crippen molar-refractivity contribution in [3.63, 3.8) is 0 Å². The van der Waals surface area contributed by atoms with E-state index in [4.69, 9.17) is 9.47 Å². The molecule has 3 rings (SSSR count). The molecule has 2 saturated heterocycles. The Morgan fingerprint density at radius 3 is 2.35 bits per heavy atom.